The quantitative estimate of drug-likeness (QED) is 0.578. The van der Waals surface area contributed by atoms with Crippen LogP contribution in [0, 0.1) is 3.57 Å². The van der Waals surface area contributed by atoms with Gasteiger partial charge in [-0.05, 0) is 70.1 Å². The molecule has 0 N–H and O–H groups in total. The Morgan fingerprint density at radius 2 is 1.53 bits per heavy atom. The number of benzene rings is 2. The van der Waals surface area contributed by atoms with Crippen LogP contribution < -0.4 is 9.80 Å². The van der Waals surface area contributed by atoms with Crippen LogP contribution in [-0.2, 0) is 13.1 Å². The van der Waals surface area contributed by atoms with Crippen molar-refractivity contribution in [1.82, 2.24) is 0 Å². The molecule has 2 nitrogen and oxygen atoms in total. The van der Waals surface area contributed by atoms with Crippen molar-refractivity contribution in [2.24, 2.45) is 0 Å². The number of rotatable bonds is 0. The highest BCUT2D eigenvalue weighted by atomic mass is 127. The van der Waals surface area contributed by atoms with Crippen molar-refractivity contribution < 1.29 is 0 Å². The second-order valence-corrected chi connectivity index (χ2v) is 7.24. The van der Waals surface area contributed by atoms with Gasteiger partial charge in [0, 0.05) is 32.5 Å². The Labute approximate surface area is 134 Å². The Hall–Kier alpha value is -0.750. The molecule has 2 bridgehead atoms. The molecule has 0 amide bonds. The van der Waals surface area contributed by atoms with E-state index in [9.17, 15) is 0 Å². The Kier molecular flexibility index (Phi) is 2.77. The average Bonchev–Trinajstić information content (AvgIpc) is 2.37. The lowest BCUT2D eigenvalue weighted by Gasteiger charge is -2.44. The number of hydrogen-bond acceptors (Lipinski definition) is 2. The van der Waals surface area contributed by atoms with E-state index in [1.54, 1.807) is 0 Å². The molecule has 19 heavy (non-hydrogen) atoms. The van der Waals surface area contributed by atoms with Gasteiger partial charge in [0.25, 0.3) is 0 Å². The number of fused-ring (bicyclic) bond motifs is 6. The summed E-state index contributed by atoms with van der Waals surface area (Å²) in [6.45, 7) is 3.01. The Bertz CT molecular complexity index is 614. The van der Waals surface area contributed by atoms with Crippen LogP contribution in [0.5, 0.6) is 0 Å². The Morgan fingerprint density at radius 3 is 2.26 bits per heavy atom. The van der Waals surface area contributed by atoms with Crippen LogP contribution in [0.3, 0.4) is 0 Å². The maximum absolute atomic E-state index is 3.57. The third-order valence-corrected chi connectivity index (χ3v) is 4.99. The SMILES string of the molecule is Brc1ccc2c(c1)CN1CN2Cc2cc(I)ccc21. The van der Waals surface area contributed by atoms with Crippen molar-refractivity contribution in [3.63, 3.8) is 0 Å². The first kappa shape index (κ1) is 12.0. The molecule has 0 fully saturated rings. The highest BCUT2D eigenvalue weighted by molar-refractivity contribution is 14.1. The highest BCUT2D eigenvalue weighted by Gasteiger charge is 2.29. The summed E-state index contributed by atoms with van der Waals surface area (Å²) in [5.74, 6) is 0. The van der Waals surface area contributed by atoms with Crippen LogP contribution >= 0.6 is 38.5 Å². The third-order valence-electron chi connectivity index (χ3n) is 3.83. The molecule has 0 aromatic heterocycles. The van der Waals surface area contributed by atoms with Gasteiger partial charge in [0.05, 0.1) is 6.67 Å². The first-order valence-corrected chi connectivity index (χ1v) is 8.15. The predicted octanol–water partition coefficient (Wildman–Crippen LogP) is 4.35. The second-order valence-electron chi connectivity index (χ2n) is 5.08. The van der Waals surface area contributed by atoms with E-state index in [-0.39, 0.29) is 0 Å². The van der Waals surface area contributed by atoms with Crippen molar-refractivity contribution in [3.05, 3.63) is 55.6 Å². The fraction of sp³-hybridized carbons (Fsp3) is 0.200. The fourth-order valence-electron chi connectivity index (χ4n) is 3.02. The van der Waals surface area contributed by atoms with Crippen LogP contribution in [0.15, 0.2) is 40.9 Å². The summed E-state index contributed by atoms with van der Waals surface area (Å²) in [5, 5.41) is 0. The van der Waals surface area contributed by atoms with Gasteiger partial charge < -0.3 is 9.80 Å². The number of anilines is 2. The van der Waals surface area contributed by atoms with E-state index in [0.717, 1.165) is 24.2 Å². The average molecular weight is 427 g/mol. The molecule has 4 heteroatoms. The van der Waals surface area contributed by atoms with E-state index >= 15 is 0 Å². The van der Waals surface area contributed by atoms with E-state index in [1.165, 1.54) is 26.1 Å². The lowest BCUT2D eigenvalue weighted by molar-refractivity contribution is 0.650. The van der Waals surface area contributed by atoms with Gasteiger partial charge in [-0.1, -0.05) is 15.9 Å². The molecule has 0 atom stereocenters. The molecule has 0 aliphatic carbocycles. The molecular formula is C15H12BrIN2. The lowest BCUT2D eigenvalue weighted by atomic mass is 10.0. The maximum Gasteiger partial charge on any atom is 0.0910 e. The smallest absolute Gasteiger partial charge is 0.0910 e. The molecule has 96 valence electrons. The van der Waals surface area contributed by atoms with Crippen LogP contribution in [0.4, 0.5) is 11.4 Å². The molecule has 2 heterocycles. The molecule has 0 saturated heterocycles. The molecular weight excluding hydrogens is 415 g/mol. The van der Waals surface area contributed by atoms with E-state index in [0.29, 0.717) is 0 Å². The van der Waals surface area contributed by atoms with E-state index in [2.05, 4.69) is 84.7 Å². The van der Waals surface area contributed by atoms with E-state index in [4.69, 9.17) is 0 Å². The summed E-state index contributed by atoms with van der Waals surface area (Å²) in [4.78, 5) is 4.92. The van der Waals surface area contributed by atoms with Gasteiger partial charge in [-0.3, -0.25) is 0 Å². The largest absolute Gasteiger partial charge is 0.349 e. The fourth-order valence-corrected chi connectivity index (χ4v) is 3.98. The zero-order chi connectivity index (χ0) is 13.0. The minimum absolute atomic E-state index is 0.999. The van der Waals surface area contributed by atoms with Crippen LogP contribution in [0.1, 0.15) is 11.1 Å². The van der Waals surface area contributed by atoms with Gasteiger partial charge in [-0.15, -0.1) is 0 Å². The minimum atomic E-state index is 0.999. The molecule has 0 unspecified atom stereocenters. The topological polar surface area (TPSA) is 6.48 Å². The Morgan fingerprint density at radius 1 is 0.895 bits per heavy atom. The molecule has 2 aliphatic heterocycles. The van der Waals surface area contributed by atoms with Crippen LogP contribution in [0.2, 0.25) is 0 Å². The highest BCUT2D eigenvalue weighted by Crippen LogP contribution is 2.39. The molecule has 2 aliphatic rings. The lowest BCUT2D eigenvalue weighted by Crippen LogP contribution is -2.46. The second kappa shape index (κ2) is 4.38. The zero-order valence-corrected chi connectivity index (χ0v) is 14.0. The van der Waals surface area contributed by atoms with Crippen molar-refractivity contribution in [2.45, 2.75) is 13.1 Å². The Balaban J connectivity index is 1.83. The number of hydrogen-bond donors (Lipinski definition) is 0. The first-order chi connectivity index (χ1) is 9.20. The zero-order valence-electron chi connectivity index (χ0n) is 10.2. The van der Waals surface area contributed by atoms with Gasteiger partial charge in [-0.2, -0.15) is 0 Å². The van der Waals surface area contributed by atoms with E-state index in [1.807, 2.05) is 0 Å². The molecule has 0 radical (unpaired) electrons. The summed E-state index contributed by atoms with van der Waals surface area (Å²) in [7, 11) is 0. The van der Waals surface area contributed by atoms with Gasteiger partial charge in [-0.25, -0.2) is 0 Å². The standard InChI is InChI=1S/C15H12BrIN2/c16-12-1-3-14-10(5-12)7-18-9-19(14)8-11-6-13(17)2-4-15(11)18/h1-6H,7-9H2. The van der Waals surface area contributed by atoms with Crippen molar-refractivity contribution in [3.8, 4) is 0 Å². The monoisotopic (exact) mass is 426 g/mol. The van der Waals surface area contributed by atoms with Gasteiger partial charge in [0.2, 0.25) is 0 Å². The molecule has 4 rings (SSSR count). The summed E-state index contributed by atoms with van der Waals surface area (Å²) in [6.07, 6.45) is 0. The van der Waals surface area contributed by atoms with Crippen LogP contribution in [-0.4, -0.2) is 6.67 Å². The third kappa shape index (κ3) is 1.96. The molecule has 0 spiro atoms. The predicted molar refractivity (Wildman–Crippen MR) is 90.5 cm³/mol. The van der Waals surface area contributed by atoms with E-state index < -0.39 is 0 Å². The van der Waals surface area contributed by atoms with Crippen molar-refractivity contribution in [2.75, 3.05) is 16.5 Å². The van der Waals surface area contributed by atoms with Gasteiger partial charge >= 0.3 is 0 Å². The minimum Gasteiger partial charge on any atom is -0.349 e. The number of halogens is 2. The normalized spacial score (nSPS) is 16.1. The molecule has 2 aromatic carbocycles. The maximum atomic E-state index is 3.57. The molecule has 0 saturated carbocycles. The summed E-state index contributed by atoms with van der Waals surface area (Å²) in [5.41, 5.74) is 5.61. The number of nitrogens with zero attached hydrogens (tertiary/aromatic N) is 2. The summed E-state index contributed by atoms with van der Waals surface area (Å²) in [6, 6.07) is 13.4. The van der Waals surface area contributed by atoms with Gasteiger partial charge in [0.1, 0.15) is 0 Å². The molecule has 2 aromatic rings. The first-order valence-electron chi connectivity index (χ1n) is 6.27. The van der Waals surface area contributed by atoms with Crippen LogP contribution in [0.25, 0.3) is 0 Å². The summed E-state index contributed by atoms with van der Waals surface area (Å²) >= 11 is 5.96. The summed E-state index contributed by atoms with van der Waals surface area (Å²) < 4.78 is 2.48. The van der Waals surface area contributed by atoms with Gasteiger partial charge in [0.15, 0.2) is 0 Å². The van der Waals surface area contributed by atoms with Crippen molar-refractivity contribution in [1.29, 1.82) is 0 Å². The van der Waals surface area contributed by atoms with Crippen molar-refractivity contribution >= 4 is 49.9 Å².